The third kappa shape index (κ3) is 3.57. The molecule has 0 aromatic heterocycles. The number of carbonyl (C=O) groups is 1. The number of ether oxygens (including phenoxy) is 1. The predicted octanol–water partition coefficient (Wildman–Crippen LogP) is 2.53. The van der Waals surface area contributed by atoms with Gasteiger partial charge in [-0.3, -0.25) is 4.79 Å². The normalized spacial score (nSPS) is 23.6. The van der Waals surface area contributed by atoms with Crippen LogP contribution in [-0.2, 0) is 16.1 Å². The van der Waals surface area contributed by atoms with Crippen LogP contribution in [0.25, 0.3) is 0 Å². The monoisotopic (exact) mass is 248 g/mol. The Labute approximate surface area is 108 Å². The molecule has 0 aliphatic heterocycles. The van der Waals surface area contributed by atoms with Gasteiger partial charge in [-0.05, 0) is 30.7 Å². The molecule has 98 valence electrons. The van der Waals surface area contributed by atoms with E-state index in [1.165, 1.54) is 0 Å². The fraction of sp³-hybridized carbons (Fsp3) is 0.533. The lowest BCUT2D eigenvalue weighted by Gasteiger charge is -2.26. The van der Waals surface area contributed by atoms with Crippen molar-refractivity contribution in [3.05, 3.63) is 35.9 Å². The fourth-order valence-electron chi connectivity index (χ4n) is 2.52. The summed E-state index contributed by atoms with van der Waals surface area (Å²) >= 11 is 0. The summed E-state index contributed by atoms with van der Waals surface area (Å²) in [7, 11) is 0. The predicted molar refractivity (Wildman–Crippen MR) is 68.8 cm³/mol. The molecule has 1 aromatic carbocycles. The second kappa shape index (κ2) is 6.55. The van der Waals surface area contributed by atoms with Gasteiger partial charge in [-0.2, -0.15) is 0 Å². The van der Waals surface area contributed by atoms with Gasteiger partial charge in [-0.1, -0.05) is 36.8 Å². The molecule has 0 heterocycles. The minimum absolute atomic E-state index is 0.0281. The van der Waals surface area contributed by atoms with Crippen molar-refractivity contribution in [1.29, 1.82) is 0 Å². The minimum atomic E-state index is -0.114. The molecule has 1 unspecified atom stereocenters. The first kappa shape index (κ1) is 13.1. The van der Waals surface area contributed by atoms with Crippen LogP contribution in [0.15, 0.2) is 30.3 Å². The standard InChI is InChI=1S/C15H20O3/c16-10-13-7-4-8-14(9-13)15(17)18-11-12-5-2-1-3-6-12/h1-3,5-6,13-14,16H,4,7-11H2/t13?,14-/m1/s1. The average molecular weight is 248 g/mol. The largest absolute Gasteiger partial charge is 0.461 e. The summed E-state index contributed by atoms with van der Waals surface area (Å²) in [5, 5.41) is 9.15. The Balaban J connectivity index is 1.81. The number of hydrogen-bond donors (Lipinski definition) is 1. The number of carbonyl (C=O) groups excluding carboxylic acids is 1. The minimum Gasteiger partial charge on any atom is -0.461 e. The topological polar surface area (TPSA) is 46.5 Å². The summed E-state index contributed by atoms with van der Waals surface area (Å²) in [5.74, 6) is 0.129. The highest BCUT2D eigenvalue weighted by Crippen LogP contribution is 2.29. The maximum absolute atomic E-state index is 11.9. The smallest absolute Gasteiger partial charge is 0.309 e. The van der Waals surface area contributed by atoms with Gasteiger partial charge in [0.15, 0.2) is 0 Å². The first-order chi connectivity index (χ1) is 8.79. The molecule has 1 fully saturated rings. The van der Waals surface area contributed by atoms with Crippen molar-refractivity contribution < 1.29 is 14.6 Å². The second-order valence-electron chi connectivity index (χ2n) is 5.01. The van der Waals surface area contributed by atoms with Gasteiger partial charge in [0.1, 0.15) is 6.61 Å². The lowest BCUT2D eigenvalue weighted by Crippen LogP contribution is -2.26. The molecule has 1 aromatic rings. The van der Waals surface area contributed by atoms with Crippen LogP contribution in [0.1, 0.15) is 31.2 Å². The summed E-state index contributed by atoms with van der Waals surface area (Å²) in [6.07, 6.45) is 3.70. The van der Waals surface area contributed by atoms with Gasteiger partial charge in [0.05, 0.1) is 5.92 Å². The maximum atomic E-state index is 11.9. The molecule has 1 N–H and O–H groups in total. The number of benzene rings is 1. The van der Waals surface area contributed by atoms with Gasteiger partial charge in [0.2, 0.25) is 0 Å². The number of aliphatic hydroxyl groups excluding tert-OH is 1. The highest BCUT2D eigenvalue weighted by molar-refractivity contribution is 5.72. The summed E-state index contributed by atoms with van der Waals surface area (Å²) in [6, 6.07) is 9.71. The van der Waals surface area contributed by atoms with E-state index in [-0.39, 0.29) is 24.4 Å². The first-order valence-electron chi connectivity index (χ1n) is 6.61. The van der Waals surface area contributed by atoms with E-state index in [1.807, 2.05) is 30.3 Å². The highest BCUT2D eigenvalue weighted by atomic mass is 16.5. The molecule has 0 saturated heterocycles. The number of hydrogen-bond acceptors (Lipinski definition) is 3. The van der Waals surface area contributed by atoms with Crippen LogP contribution in [-0.4, -0.2) is 17.7 Å². The molecule has 2 atom stereocenters. The molecule has 0 spiro atoms. The molecule has 18 heavy (non-hydrogen) atoms. The molecular weight excluding hydrogens is 228 g/mol. The van der Waals surface area contributed by atoms with Gasteiger partial charge in [-0.25, -0.2) is 0 Å². The van der Waals surface area contributed by atoms with Crippen molar-refractivity contribution in [2.75, 3.05) is 6.61 Å². The molecule has 0 amide bonds. The zero-order valence-corrected chi connectivity index (χ0v) is 10.5. The van der Waals surface area contributed by atoms with E-state index < -0.39 is 0 Å². The van der Waals surface area contributed by atoms with Gasteiger partial charge in [0, 0.05) is 6.61 Å². The van der Waals surface area contributed by atoms with E-state index in [0.29, 0.717) is 6.61 Å². The second-order valence-corrected chi connectivity index (χ2v) is 5.01. The molecule has 0 radical (unpaired) electrons. The first-order valence-corrected chi connectivity index (χ1v) is 6.61. The van der Waals surface area contributed by atoms with Gasteiger partial charge >= 0.3 is 5.97 Å². The average Bonchev–Trinajstić information content (AvgIpc) is 2.46. The number of aliphatic hydroxyl groups is 1. The highest BCUT2D eigenvalue weighted by Gasteiger charge is 2.27. The van der Waals surface area contributed by atoms with E-state index in [2.05, 4.69) is 0 Å². The van der Waals surface area contributed by atoms with Crippen LogP contribution in [0.2, 0.25) is 0 Å². The molecule has 1 aliphatic rings. The zero-order valence-electron chi connectivity index (χ0n) is 10.5. The molecule has 3 nitrogen and oxygen atoms in total. The van der Waals surface area contributed by atoms with Crippen molar-refractivity contribution in [3.63, 3.8) is 0 Å². The SMILES string of the molecule is O=C(OCc1ccccc1)[C@@H]1CCCC(CO)C1. The van der Waals surface area contributed by atoms with Gasteiger partial charge in [-0.15, -0.1) is 0 Å². The van der Waals surface area contributed by atoms with Crippen LogP contribution in [0.3, 0.4) is 0 Å². The van der Waals surface area contributed by atoms with Crippen LogP contribution < -0.4 is 0 Å². The van der Waals surface area contributed by atoms with Gasteiger partial charge < -0.3 is 9.84 Å². The number of esters is 1. The van der Waals surface area contributed by atoms with Crippen molar-refractivity contribution in [2.45, 2.75) is 32.3 Å². The number of rotatable bonds is 4. The molecule has 1 saturated carbocycles. The summed E-state index contributed by atoms with van der Waals surface area (Å²) in [5.41, 5.74) is 1.01. The Bertz CT molecular complexity index is 375. The Morgan fingerprint density at radius 3 is 2.78 bits per heavy atom. The lowest BCUT2D eigenvalue weighted by atomic mass is 9.82. The zero-order chi connectivity index (χ0) is 12.8. The van der Waals surface area contributed by atoms with Crippen LogP contribution in [0.4, 0.5) is 0 Å². The Morgan fingerprint density at radius 1 is 1.28 bits per heavy atom. The molecule has 0 bridgehead atoms. The van der Waals surface area contributed by atoms with Crippen LogP contribution in [0.5, 0.6) is 0 Å². The van der Waals surface area contributed by atoms with E-state index in [9.17, 15) is 4.79 Å². The third-order valence-corrected chi connectivity index (χ3v) is 3.60. The van der Waals surface area contributed by atoms with Crippen LogP contribution >= 0.6 is 0 Å². The summed E-state index contributed by atoms with van der Waals surface area (Å²) < 4.78 is 5.34. The summed E-state index contributed by atoms with van der Waals surface area (Å²) in [6.45, 7) is 0.530. The summed E-state index contributed by atoms with van der Waals surface area (Å²) in [4.78, 5) is 11.9. The maximum Gasteiger partial charge on any atom is 0.309 e. The van der Waals surface area contributed by atoms with Crippen molar-refractivity contribution in [3.8, 4) is 0 Å². The Morgan fingerprint density at radius 2 is 2.06 bits per heavy atom. The van der Waals surface area contributed by atoms with Gasteiger partial charge in [0.25, 0.3) is 0 Å². The van der Waals surface area contributed by atoms with E-state index in [1.54, 1.807) is 0 Å². The van der Waals surface area contributed by atoms with E-state index >= 15 is 0 Å². The molecule has 1 aliphatic carbocycles. The lowest BCUT2D eigenvalue weighted by molar-refractivity contribution is -0.151. The van der Waals surface area contributed by atoms with Crippen molar-refractivity contribution >= 4 is 5.97 Å². The Hall–Kier alpha value is -1.35. The molecular formula is C15H20O3. The molecule has 3 heteroatoms. The fourth-order valence-corrected chi connectivity index (χ4v) is 2.52. The van der Waals surface area contributed by atoms with Crippen molar-refractivity contribution in [2.24, 2.45) is 11.8 Å². The van der Waals surface area contributed by atoms with E-state index in [4.69, 9.17) is 9.84 Å². The Kier molecular flexibility index (Phi) is 4.76. The third-order valence-electron chi connectivity index (χ3n) is 3.60. The van der Waals surface area contributed by atoms with Crippen LogP contribution in [0, 0.1) is 11.8 Å². The van der Waals surface area contributed by atoms with Crippen molar-refractivity contribution in [1.82, 2.24) is 0 Å². The van der Waals surface area contributed by atoms with E-state index in [0.717, 1.165) is 31.2 Å². The quantitative estimate of drug-likeness (QED) is 0.833. The molecule has 2 rings (SSSR count).